The molecular weight excluding hydrogens is 464 g/mol. The standard InChI is InChI=1S/C19H28N2O5.C5H9ClO2/c1-6-21(7-2)17(23)13-25-15-10-8-14(9-11-15)16(22)12-20-18(24)26-19(3,4)5;1-4(2)3-8-5(6)7/h8-11H,6-7,12-13H2,1-5H3,(H,20,24);4H,3H2,1-2H3. The summed E-state index contributed by atoms with van der Waals surface area (Å²) < 4.78 is 15.0. The van der Waals surface area contributed by atoms with E-state index in [-0.39, 0.29) is 24.8 Å². The van der Waals surface area contributed by atoms with Crippen molar-refractivity contribution in [1.29, 1.82) is 0 Å². The van der Waals surface area contributed by atoms with E-state index in [0.717, 1.165) is 0 Å². The van der Waals surface area contributed by atoms with Gasteiger partial charge in [-0.25, -0.2) is 9.59 Å². The van der Waals surface area contributed by atoms with Gasteiger partial charge in [0, 0.05) is 30.3 Å². The second-order valence-corrected chi connectivity index (χ2v) is 8.91. The van der Waals surface area contributed by atoms with Crippen LogP contribution in [0.25, 0.3) is 0 Å². The molecule has 1 aromatic rings. The third-order valence-electron chi connectivity index (χ3n) is 3.98. The minimum atomic E-state index is -0.723. The molecule has 0 aliphatic carbocycles. The summed E-state index contributed by atoms with van der Waals surface area (Å²) in [4.78, 5) is 47.1. The molecule has 2 amide bonds. The molecule has 1 aromatic carbocycles. The number of nitrogens with zero attached hydrogens (tertiary/aromatic N) is 1. The lowest BCUT2D eigenvalue weighted by atomic mass is 10.1. The number of hydrogen-bond acceptors (Lipinski definition) is 7. The fourth-order valence-corrected chi connectivity index (χ4v) is 2.41. The summed E-state index contributed by atoms with van der Waals surface area (Å²) in [5.41, 5.74) is -0.906. The molecule has 0 spiro atoms. The Labute approximate surface area is 207 Å². The molecule has 0 aliphatic heterocycles. The molecule has 9 nitrogen and oxygen atoms in total. The van der Waals surface area contributed by atoms with Crippen LogP contribution in [0.5, 0.6) is 5.75 Å². The Morgan fingerprint density at radius 2 is 1.59 bits per heavy atom. The maximum atomic E-state index is 12.1. The first-order valence-corrected chi connectivity index (χ1v) is 11.5. The van der Waals surface area contributed by atoms with Gasteiger partial charge in [-0.1, -0.05) is 13.8 Å². The molecule has 0 saturated carbocycles. The highest BCUT2D eigenvalue weighted by Crippen LogP contribution is 2.13. The second-order valence-electron chi connectivity index (χ2n) is 8.60. The Kier molecular flexibility index (Phi) is 14.6. The zero-order chi connectivity index (χ0) is 26.3. The van der Waals surface area contributed by atoms with Gasteiger partial charge in [0.1, 0.15) is 11.4 Å². The number of carbonyl (C=O) groups is 4. The SMILES string of the molecule is CC(C)COC(=O)Cl.CCN(CC)C(=O)COc1ccc(C(=O)CNC(=O)OC(C)(C)C)cc1. The van der Waals surface area contributed by atoms with Gasteiger partial charge in [-0.05, 0) is 64.8 Å². The fourth-order valence-electron chi connectivity index (χ4n) is 2.35. The molecule has 34 heavy (non-hydrogen) atoms. The van der Waals surface area contributed by atoms with Crippen LogP contribution < -0.4 is 10.1 Å². The van der Waals surface area contributed by atoms with Crippen LogP contribution in [-0.4, -0.2) is 66.6 Å². The summed E-state index contributed by atoms with van der Waals surface area (Å²) in [7, 11) is 0. The van der Waals surface area contributed by atoms with Crippen LogP contribution >= 0.6 is 11.6 Å². The smallest absolute Gasteiger partial charge is 0.408 e. The number of ketones is 1. The van der Waals surface area contributed by atoms with Crippen molar-refractivity contribution in [1.82, 2.24) is 10.2 Å². The Hall–Kier alpha value is -2.81. The quantitative estimate of drug-likeness (QED) is 0.367. The summed E-state index contributed by atoms with van der Waals surface area (Å²) in [6.45, 7) is 14.4. The van der Waals surface area contributed by atoms with Gasteiger partial charge in [-0.3, -0.25) is 9.59 Å². The van der Waals surface area contributed by atoms with E-state index in [1.54, 1.807) is 49.9 Å². The average molecular weight is 501 g/mol. The molecule has 0 unspecified atom stereocenters. The van der Waals surface area contributed by atoms with Crippen molar-refractivity contribution >= 4 is 34.8 Å². The monoisotopic (exact) mass is 500 g/mol. The molecule has 0 aliphatic rings. The average Bonchev–Trinajstić information content (AvgIpc) is 2.75. The number of halogens is 1. The maximum absolute atomic E-state index is 12.1. The number of rotatable bonds is 10. The number of alkyl carbamates (subject to hydrolysis) is 1. The Morgan fingerprint density at radius 3 is 2.00 bits per heavy atom. The highest BCUT2D eigenvalue weighted by molar-refractivity contribution is 6.61. The number of amides is 2. The first kappa shape index (κ1) is 31.2. The van der Waals surface area contributed by atoms with Gasteiger partial charge >= 0.3 is 11.5 Å². The van der Waals surface area contributed by atoms with Crippen molar-refractivity contribution in [3.63, 3.8) is 0 Å². The molecule has 0 radical (unpaired) electrons. The van der Waals surface area contributed by atoms with Gasteiger partial charge in [-0.15, -0.1) is 0 Å². The Balaban J connectivity index is 0.00000116. The minimum absolute atomic E-state index is 0.0465. The normalized spacial score (nSPS) is 10.5. The number of benzene rings is 1. The highest BCUT2D eigenvalue weighted by atomic mass is 35.5. The third kappa shape index (κ3) is 15.1. The lowest BCUT2D eigenvalue weighted by Gasteiger charge is -2.19. The van der Waals surface area contributed by atoms with Gasteiger partial charge in [0.2, 0.25) is 0 Å². The highest BCUT2D eigenvalue weighted by Gasteiger charge is 2.17. The van der Waals surface area contributed by atoms with Gasteiger partial charge in [0.15, 0.2) is 12.4 Å². The lowest BCUT2D eigenvalue weighted by Crippen LogP contribution is -2.35. The van der Waals surface area contributed by atoms with E-state index in [0.29, 0.717) is 36.9 Å². The molecule has 192 valence electrons. The van der Waals surface area contributed by atoms with Crippen molar-refractivity contribution < 1.29 is 33.4 Å². The van der Waals surface area contributed by atoms with Gasteiger partial charge in [0.25, 0.3) is 5.91 Å². The minimum Gasteiger partial charge on any atom is -0.484 e. The third-order valence-corrected chi connectivity index (χ3v) is 4.09. The Bertz CT molecular complexity index is 786. The Morgan fingerprint density at radius 1 is 1.03 bits per heavy atom. The van der Waals surface area contributed by atoms with E-state index < -0.39 is 17.1 Å². The van der Waals surface area contributed by atoms with E-state index in [2.05, 4.69) is 10.1 Å². The second kappa shape index (κ2) is 15.9. The van der Waals surface area contributed by atoms with Crippen LogP contribution in [0.1, 0.15) is 58.8 Å². The summed E-state index contributed by atoms with van der Waals surface area (Å²) >= 11 is 4.86. The number of likely N-dealkylation sites (N-methyl/N-ethyl adjacent to an activating group) is 1. The van der Waals surface area contributed by atoms with Crippen LogP contribution in [0.2, 0.25) is 0 Å². The summed E-state index contributed by atoms with van der Waals surface area (Å²) in [6, 6.07) is 6.43. The predicted molar refractivity (Wildman–Crippen MR) is 130 cm³/mol. The zero-order valence-electron chi connectivity index (χ0n) is 21.1. The van der Waals surface area contributed by atoms with Crippen LogP contribution in [0, 0.1) is 5.92 Å². The van der Waals surface area contributed by atoms with Crippen molar-refractivity contribution in [2.24, 2.45) is 5.92 Å². The molecule has 0 aromatic heterocycles. The number of Topliss-reactive ketones (excluding diaryl/α,β-unsaturated/α-hetero) is 1. The van der Waals surface area contributed by atoms with Crippen molar-refractivity contribution in [3.8, 4) is 5.75 Å². The molecule has 10 heteroatoms. The van der Waals surface area contributed by atoms with E-state index in [1.165, 1.54) is 0 Å². The topological polar surface area (TPSA) is 111 Å². The molecular formula is C24H37ClN2O7. The van der Waals surface area contributed by atoms with Crippen molar-refractivity contribution in [3.05, 3.63) is 29.8 Å². The number of hydrogen-bond donors (Lipinski definition) is 1. The summed E-state index contributed by atoms with van der Waals surface area (Å²) in [5.74, 6) is 0.526. The van der Waals surface area contributed by atoms with Crippen LogP contribution in [0.15, 0.2) is 24.3 Å². The van der Waals surface area contributed by atoms with E-state index in [9.17, 15) is 19.2 Å². The van der Waals surface area contributed by atoms with Gasteiger partial charge in [-0.2, -0.15) is 0 Å². The molecule has 1 rings (SSSR count). The van der Waals surface area contributed by atoms with Crippen LogP contribution in [0.3, 0.4) is 0 Å². The number of carbonyl (C=O) groups excluding carboxylic acids is 4. The molecule has 0 saturated heterocycles. The predicted octanol–water partition coefficient (Wildman–Crippen LogP) is 4.66. The molecule has 1 N–H and O–H groups in total. The first-order chi connectivity index (χ1) is 15.8. The number of ether oxygens (including phenoxy) is 3. The molecule has 0 heterocycles. The fraction of sp³-hybridized carbons (Fsp3) is 0.583. The van der Waals surface area contributed by atoms with Crippen LogP contribution in [0.4, 0.5) is 9.59 Å². The van der Waals surface area contributed by atoms with Crippen LogP contribution in [-0.2, 0) is 14.3 Å². The van der Waals surface area contributed by atoms with Crippen molar-refractivity contribution in [2.75, 3.05) is 32.8 Å². The number of nitrogens with one attached hydrogen (secondary N) is 1. The van der Waals surface area contributed by atoms with E-state index >= 15 is 0 Å². The first-order valence-electron chi connectivity index (χ1n) is 11.1. The lowest BCUT2D eigenvalue weighted by molar-refractivity contribution is -0.132. The zero-order valence-corrected chi connectivity index (χ0v) is 21.9. The van der Waals surface area contributed by atoms with E-state index in [1.807, 2.05) is 27.7 Å². The van der Waals surface area contributed by atoms with Gasteiger partial charge in [0.05, 0.1) is 13.2 Å². The van der Waals surface area contributed by atoms with Crippen molar-refractivity contribution in [2.45, 2.75) is 54.1 Å². The largest absolute Gasteiger partial charge is 0.484 e. The molecule has 0 atom stereocenters. The summed E-state index contributed by atoms with van der Waals surface area (Å²) in [5, 5.41) is 2.43. The van der Waals surface area contributed by atoms with Gasteiger partial charge < -0.3 is 24.4 Å². The van der Waals surface area contributed by atoms with E-state index in [4.69, 9.17) is 21.1 Å². The molecule has 0 fully saturated rings. The summed E-state index contributed by atoms with van der Waals surface area (Å²) in [6.07, 6.45) is -0.638. The molecule has 0 bridgehead atoms. The maximum Gasteiger partial charge on any atom is 0.408 e.